The van der Waals surface area contributed by atoms with E-state index in [1.165, 1.54) is 0 Å². The SMILES string of the molecule is Cc1nc(C)c(C(=O)Nc2nn(Cc3ccccc3)c3cccc(OC(C)C)c23)o1. The highest BCUT2D eigenvalue weighted by Crippen LogP contribution is 2.33. The second-order valence-corrected chi connectivity index (χ2v) is 7.41. The molecule has 0 aliphatic carbocycles. The van der Waals surface area contributed by atoms with Crippen LogP contribution in [0.1, 0.15) is 41.6 Å². The quantitative estimate of drug-likeness (QED) is 0.502. The smallest absolute Gasteiger partial charge is 0.294 e. The van der Waals surface area contributed by atoms with Gasteiger partial charge >= 0.3 is 0 Å². The molecule has 4 rings (SSSR count). The fraction of sp³-hybridized carbons (Fsp3) is 0.261. The molecule has 154 valence electrons. The van der Waals surface area contributed by atoms with Crippen LogP contribution in [0.3, 0.4) is 0 Å². The number of anilines is 1. The van der Waals surface area contributed by atoms with Gasteiger partial charge in [-0.3, -0.25) is 9.48 Å². The Kier molecular flexibility index (Phi) is 5.27. The maximum absolute atomic E-state index is 12.9. The zero-order chi connectivity index (χ0) is 21.3. The molecule has 0 unspecified atom stereocenters. The van der Waals surface area contributed by atoms with Gasteiger partial charge in [-0.25, -0.2) is 4.98 Å². The number of hydrogen-bond donors (Lipinski definition) is 1. The standard InChI is InChI=1S/C23H24N4O3/c1-14(2)29-19-12-8-11-18-20(19)22(25-23(28)21-15(3)24-16(4)30-21)26-27(18)13-17-9-6-5-7-10-17/h5-12,14H,13H2,1-4H3,(H,25,26,28). The molecule has 0 aliphatic rings. The Bertz CT molecular complexity index is 1190. The molecule has 7 heteroatoms. The summed E-state index contributed by atoms with van der Waals surface area (Å²) in [7, 11) is 0. The van der Waals surface area contributed by atoms with E-state index >= 15 is 0 Å². The first-order valence-electron chi connectivity index (χ1n) is 9.88. The molecule has 0 radical (unpaired) electrons. The Balaban J connectivity index is 1.78. The number of benzene rings is 2. The van der Waals surface area contributed by atoms with Crippen LogP contribution in [-0.4, -0.2) is 26.8 Å². The second-order valence-electron chi connectivity index (χ2n) is 7.41. The van der Waals surface area contributed by atoms with E-state index < -0.39 is 5.91 Å². The van der Waals surface area contributed by atoms with Crippen LogP contribution in [0, 0.1) is 13.8 Å². The van der Waals surface area contributed by atoms with Crippen molar-refractivity contribution in [1.82, 2.24) is 14.8 Å². The summed E-state index contributed by atoms with van der Waals surface area (Å²) in [4.78, 5) is 17.0. The van der Waals surface area contributed by atoms with Crippen molar-refractivity contribution < 1.29 is 13.9 Å². The second kappa shape index (κ2) is 8.02. The van der Waals surface area contributed by atoms with Gasteiger partial charge in [-0.05, 0) is 38.5 Å². The lowest BCUT2D eigenvalue weighted by molar-refractivity contribution is 0.0994. The van der Waals surface area contributed by atoms with Crippen molar-refractivity contribution in [3.05, 3.63) is 71.4 Å². The summed E-state index contributed by atoms with van der Waals surface area (Å²) < 4.78 is 13.3. The summed E-state index contributed by atoms with van der Waals surface area (Å²) in [5, 5.41) is 8.34. The van der Waals surface area contributed by atoms with Crippen molar-refractivity contribution in [2.24, 2.45) is 0 Å². The molecule has 0 saturated heterocycles. The van der Waals surface area contributed by atoms with Gasteiger partial charge in [0.15, 0.2) is 11.7 Å². The van der Waals surface area contributed by atoms with Crippen LogP contribution in [-0.2, 0) is 6.54 Å². The van der Waals surface area contributed by atoms with Crippen LogP contribution in [0.25, 0.3) is 10.9 Å². The molecule has 4 aromatic rings. The Morgan fingerprint density at radius 1 is 1.13 bits per heavy atom. The molecule has 2 heterocycles. The largest absolute Gasteiger partial charge is 0.490 e. The molecule has 2 aromatic heterocycles. The molecular formula is C23H24N4O3. The number of amides is 1. The third-order valence-electron chi connectivity index (χ3n) is 4.62. The highest BCUT2D eigenvalue weighted by molar-refractivity contribution is 6.08. The molecule has 0 spiro atoms. The maximum atomic E-state index is 12.9. The van der Waals surface area contributed by atoms with Crippen LogP contribution in [0.5, 0.6) is 5.75 Å². The van der Waals surface area contributed by atoms with E-state index in [0.29, 0.717) is 29.7 Å². The first kappa shape index (κ1) is 19.7. The first-order chi connectivity index (χ1) is 14.4. The van der Waals surface area contributed by atoms with Crippen molar-refractivity contribution in [2.45, 2.75) is 40.3 Å². The minimum atomic E-state index is -0.390. The molecule has 1 amide bonds. The zero-order valence-corrected chi connectivity index (χ0v) is 17.5. The van der Waals surface area contributed by atoms with Crippen LogP contribution in [0.4, 0.5) is 5.82 Å². The third-order valence-corrected chi connectivity index (χ3v) is 4.62. The Hall–Kier alpha value is -3.61. The summed E-state index contributed by atoms with van der Waals surface area (Å²) >= 11 is 0. The maximum Gasteiger partial charge on any atom is 0.294 e. The number of oxazole rings is 1. The number of ether oxygens (including phenoxy) is 1. The van der Waals surface area contributed by atoms with Crippen molar-refractivity contribution in [2.75, 3.05) is 5.32 Å². The van der Waals surface area contributed by atoms with Gasteiger partial charge in [0.05, 0.1) is 29.2 Å². The molecule has 30 heavy (non-hydrogen) atoms. The fourth-order valence-electron chi connectivity index (χ4n) is 3.42. The predicted molar refractivity (Wildman–Crippen MR) is 115 cm³/mol. The Morgan fingerprint density at radius 3 is 2.57 bits per heavy atom. The number of nitrogens with one attached hydrogen (secondary N) is 1. The van der Waals surface area contributed by atoms with Gasteiger partial charge in [-0.1, -0.05) is 36.4 Å². The molecule has 2 aromatic carbocycles. The normalized spacial score (nSPS) is 11.2. The Morgan fingerprint density at radius 2 is 1.90 bits per heavy atom. The van der Waals surface area contributed by atoms with E-state index in [1.807, 2.05) is 67.1 Å². The summed E-state index contributed by atoms with van der Waals surface area (Å²) in [6.45, 7) is 7.95. The highest BCUT2D eigenvalue weighted by atomic mass is 16.5. The van der Waals surface area contributed by atoms with E-state index in [4.69, 9.17) is 14.3 Å². The molecule has 0 saturated carbocycles. The first-order valence-corrected chi connectivity index (χ1v) is 9.88. The van der Waals surface area contributed by atoms with Gasteiger partial charge in [0, 0.05) is 6.92 Å². The van der Waals surface area contributed by atoms with Gasteiger partial charge in [-0.2, -0.15) is 5.10 Å². The monoisotopic (exact) mass is 404 g/mol. The van der Waals surface area contributed by atoms with Crippen LogP contribution >= 0.6 is 0 Å². The van der Waals surface area contributed by atoms with Crippen molar-refractivity contribution >= 4 is 22.6 Å². The van der Waals surface area contributed by atoms with E-state index in [0.717, 1.165) is 16.5 Å². The van der Waals surface area contributed by atoms with Gasteiger partial charge < -0.3 is 14.5 Å². The number of nitrogens with zero attached hydrogens (tertiary/aromatic N) is 3. The molecule has 0 fully saturated rings. The summed E-state index contributed by atoms with van der Waals surface area (Å²) in [5.74, 6) is 1.33. The van der Waals surface area contributed by atoms with E-state index in [-0.39, 0.29) is 11.9 Å². The van der Waals surface area contributed by atoms with Crippen LogP contribution in [0.2, 0.25) is 0 Å². The van der Waals surface area contributed by atoms with Crippen molar-refractivity contribution in [3.8, 4) is 5.75 Å². The van der Waals surface area contributed by atoms with Crippen molar-refractivity contribution in [3.63, 3.8) is 0 Å². The lowest BCUT2D eigenvalue weighted by Gasteiger charge is -2.11. The summed E-state index contributed by atoms with van der Waals surface area (Å²) in [6, 6.07) is 15.8. The topological polar surface area (TPSA) is 82.2 Å². The average molecular weight is 404 g/mol. The van der Waals surface area contributed by atoms with Crippen LogP contribution in [0.15, 0.2) is 52.9 Å². The van der Waals surface area contributed by atoms with Gasteiger partial charge in [-0.15, -0.1) is 0 Å². The number of aromatic nitrogens is 3. The minimum Gasteiger partial charge on any atom is -0.490 e. The van der Waals surface area contributed by atoms with Crippen LogP contribution < -0.4 is 10.1 Å². The highest BCUT2D eigenvalue weighted by Gasteiger charge is 2.22. The third kappa shape index (κ3) is 3.91. The average Bonchev–Trinajstić information content (AvgIpc) is 3.22. The van der Waals surface area contributed by atoms with Gasteiger partial charge in [0.1, 0.15) is 5.75 Å². The predicted octanol–water partition coefficient (Wildman–Crippen LogP) is 4.73. The number of carbonyl (C=O) groups is 1. The number of carbonyl (C=O) groups excluding carboxylic acids is 1. The number of hydrogen-bond acceptors (Lipinski definition) is 5. The molecule has 0 aliphatic heterocycles. The zero-order valence-electron chi connectivity index (χ0n) is 17.5. The molecular weight excluding hydrogens is 380 g/mol. The lowest BCUT2D eigenvalue weighted by atomic mass is 10.2. The van der Waals surface area contributed by atoms with Gasteiger partial charge in [0.25, 0.3) is 5.91 Å². The number of fused-ring (bicyclic) bond motifs is 1. The minimum absolute atomic E-state index is 0.0178. The molecule has 0 atom stereocenters. The van der Waals surface area contributed by atoms with E-state index in [1.54, 1.807) is 13.8 Å². The Labute approximate surface area is 174 Å². The number of aryl methyl sites for hydroxylation is 2. The summed E-state index contributed by atoms with van der Waals surface area (Å²) in [5.41, 5.74) is 2.52. The van der Waals surface area contributed by atoms with E-state index in [9.17, 15) is 4.79 Å². The fourth-order valence-corrected chi connectivity index (χ4v) is 3.42. The van der Waals surface area contributed by atoms with Crippen molar-refractivity contribution in [1.29, 1.82) is 0 Å². The number of rotatable bonds is 6. The van der Waals surface area contributed by atoms with Gasteiger partial charge in [0.2, 0.25) is 5.76 Å². The molecule has 0 bridgehead atoms. The molecule has 7 nitrogen and oxygen atoms in total. The summed E-state index contributed by atoms with van der Waals surface area (Å²) in [6.07, 6.45) is -0.0178. The lowest BCUT2D eigenvalue weighted by Crippen LogP contribution is -2.14. The molecule has 1 N–H and O–H groups in total. The van der Waals surface area contributed by atoms with E-state index in [2.05, 4.69) is 10.3 Å².